The van der Waals surface area contributed by atoms with Crippen LogP contribution in [0.5, 0.6) is 0 Å². The molecule has 4 N–H and O–H groups in total. The Morgan fingerprint density at radius 3 is 2.35 bits per heavy atom. The molecule has 6 heteroatoms. The van der Waals surface area contributed by atoms with Gasteiger partial charge in [-0.3, -0.25) is 9.59 Å². The predicted octanol–water partition coefficient (Wildman–Crippen LogP) is 2.16. The summed E-state index contributed by atoms with van der Waals surface area (Å²) in [5.74, 6) is -0.327. The Balaban J connectivity index is 4.71. The molecular formula is C20H37N3O3. The number of hydrogen-bond donors (Lipinski definition) is 3. The molecule has 3 atom stereocenters. The number of hydrogen-bond acceptors (Lipinski definition) is 4. The summed E-state index contributed by atoms with van der Waals surface area (Å²) >= 11 is 0. The zero-order chi connectivity index (χ0) is 20.1. The average molecular weight is 368 g/mol. The van der Waals surface area contributed by atoms with Crippen LogP contribution in [-0.2, 0) is 14.3 Å². The molecule has 6 nitrogen and oxygen atoms in total. The van der Waals surface area contributed by atoms with Crippen LogP contribution in [0.4, 0.5) is 0 Å². The molecule has 2 amide bonds. The van der Waals surface area contributed by atoms with E-state index >= 15 is 0 Å². The molecule has 150 valence electrons. The van der Waals surface area contributed by atoms with Gasteiger partial charge in [0.05, 0.1) is 12.6 Å². The Bertz CT molecular complexity index is 487. The molecule has 0 saturated heterocycles. The third-order valence-electron chi connectivity index (χ3n) is 4.35. The molecule has 0 aromatic rings. The van der Waals surface area contributed by atoms with E-state index in [0.29, 0.717) is 19.4 Å². The van der Waals surface area contributed by atoms with E-state index in [4.69, 9.17) is 10.5 Å². The van der Waals surface area contributed by atoms with Gasteiger partial charge < -0.3 is 21.1 Å². The standard InChI is InChI=1S/C20H37N3O3/c1-7-17(9-8-16(5)26-6)12-18(14(2)3)20(25)22-13-19(24)23-15(4)10-11-21/h7-9,14-16,18H,10-13,21H2,1-6H3,(H,22,25)(H,23,24)/b9-8-,17-7+. The first-order chi connectivity index (χ1) is 12.2. The lowest BCUT2D eigenvalue weighted by Crippen LogP contribution is -2.43. The number of carbonyl (C=O) groups is 2. The number of amides is 2. The maximum Gasteiger partial charge on any atom is 0.239 e. The maximum absolute atomic E-state index is 12.6. The van der Waals surface area contributed by atoms with Gasteiger partial charge >= 0.3 is 0 Å². The van der Waals surface area contributed by atoms with E-state index in [-0.39, 0.29) is 42.3 Å². The van der Waals surface area contributed by atoms with Gasteiger partial charge in [0.15, 0.2) is 0 Å². The third kappa shape index (κ3) is 10.4. The summed E-state index contributed by atoms with van der Waals surface area (Å²) in [4.78, 5) is 24.5. The van der Waals surface area contributed by atoms with Crippen molar-refractivity contribution in [3.05, 3.63) is 23.8 Å². The van der Waals surface area contributed by atoms with E-state index in [2.05, 4.69) is 10.6 Å². The minimum absolute atomic E-state index is 0.00726. The second-order valence-corrected chi connectivity index (χ2v) is 6.98. The SMILES string of the molecule is C/C=C(\C=C/C(C)OC)CC(C(=O)NCC(=O)NC(C)CCN)C(C)C. The van der Waals surface area contributed by atoms with Crippen LogP contribution in [0.15, 0.2) is 23.8 Å². The highest BCUT2D eigenvalue weighted by Crippen LogP contribution is 2.21. The highest BCUT2D eigenvalue weighted by Gasteiger charge is 2.23. The molecule has 26 heavy (non-hydrogen) atoms. The van der Waals surface area contributed by atoms with Gasteiger partial charge in [-0.05, 0) is 46.1 Å². The first-order valence-corrected chi connectivity index (χ1v) is 9.38. The van der Waals surface area contributed by atoms with Crippen molar-refractivity contribution in [3.63, 3.8) is 0 Å². The topological polar surface area (TPSA) is 93.4 Å². The fourth-order valence-electron chi connectivity index (χ4n) is 2.45. The molecule has 0 aromatic heterocycles. The number of ether oxygens (including phenoxy) is 1. The van der Waals surface area contributed by atoms with Crippen molar-refractivity contribution >= 4 is 11.8 Å². The molecule has 0 aliphatic carbocycles. The third-order valence-corrected chi connectivity index (χ3v) is 4.35. The van der Waals surface area contributed by atoms with E-state index in [1.165, 1.54) is 0 Å². The Kier molecular flexibility index (Phi) is 12.7. The van der Waals surface area contributed by atoms with Crippen molar-refractivity contribution in [3.8, 4) is 0 Å². The van der Waals surface area contributed by atoms with Crippen LogP contribution in [0.1, 0.15) is 47.5 Å². The van der Waals surface area contributed by atoms with Gasteiger partial charge in [0.2, 0.25) is 11.8 Å². The summed E-state index contributed by atoms with van der Waals surface area (Å²) in [6.07, 6.45) is 7.33. The van der Waals surface area contributed by atoms with Gasteiger partial charge in [0.1, 0.15) is 0 Å². The summed E-state index contributed by atoms with van der Waals surface area (Å²) in [5, 5.41) is 5.58. The number of methoxy groups -OCH3 is 1. The maximum atomic E-state index is 12.6. The molecule has 0 spiro atoms. The lowest BCUT2D eigenvalue weighted by Gasteiger charge is -2.21. The zero-order valence-corrected chi connectivity index (χ0v) is 17.2. The predicted molar refractivity (Wildman–Crippen MR) is 107 cm³/mol. The summed E-state index contributed by atoms with van der Waals surface area (Å²) in [6, 6.07) is 0.00726. The number of nitrogens with two attached hydrogens (primary N) is 1. The molecule has 0 rings (SSSR count). The van der Waals surface area contributed by atoms with Gasteiger partial charge in [-0.1, -0.05) is 37.6 Å². The second-order valence-electron chi connectivity index (χ2n) is 6.98. The summed E-state index contributed by atoms with van der Waals surface area (Å²) in [5.41, 5.74) is 6.55. The summed E-state index contributed by atoms with van der Waals surface area (Å²) in [7, 11) is 1.66. The van der Waals surface area contributed by atoms with Crippen LogP contribution in [0, 0.1) is 11.8 Å². The van der Waals surface area contributed by atoms with E-state index < -0.39 is 0 Å². The Morgan fingerprint density at radius 2 is 1.85 bits per heavy atom. The smallest absolute Gasteiger partial charge is 0.239 e. The largest absolute Gasteiger partial charge is 0.378 e. The van der Waals surface area contributed by atoms with Crippen LogP contribution < -0.4 is 16.4 Å². The van der Waals surface area contributed by atoms with Crippen molar-refractivity contribution < 1.29 is 14.3 Å². The molecule has 0 aliphatic heterocycles. The Morgan fingerprint density at radius 1 is 1.19 bits per heavy atom. The van der Waals surface area contributed by atoms with Crippen molar-refractivity contribution in [2.24, 2.45) is 17.6 Å². The Hall–Kier alpha value is -1.66. The van der Waals surface area contributed by atoms with Gasteiger partial charge in [0, 0.05) is 19.1 Å². The van der Waals surface area contributed by atoms with Crippen molar-refractivity contribution in [2.75, 3.05) is 20.2 Å². The molecular weight excluding hydrogens is 330 g/mol. The average Bonchev–Trinajstić information content (AvgIpc) is 2.59. The minimum Gasteiger partial charge on any atom is -0.378 e. The molecule has 0 aromatic carbocycles. The van der Waals surface area contributed by atoms with Gasteiger partial charge in [-0.2, -0.15) is 0 Å². The first-order valence-electron chi connectivity index (χ1n) is 9.38. The number of nitrogens with one attached hydrogen (secondary N) is 2. The normalized spacial score (nSPS) is 15.8. The zero-order valence-electron chi connectivity index (χ0n) is 17.2. The fourth-order valence-corrected chi connectivity index (χ4v) is 2.45. The van der Waals surface area contributed by atoms with Gasteiger partial charge in [0.25, 0.3) is 0 Å². The van der Waals surface area contributed by atoms with Crippen LogP contribution in [0.3, 0.4) is 0 Å². The van der Waals surface area contributed by atoms with E-state index in [1.807, 2.05) is 52.8 Å². The van der Waals surface area contributed by atoms with E-state index in [9.17, 15) is 9.59 Å². The lowest BCUT2D eigenvalue weighted by molar-refractivity contribution is -0.129. The molecule has 3 unspecified atom stereocenters. The molecule has 0 heterocycles. The van der Waals surface area contributed by atoms with Crippen molar-refractivity contribution in [1.29, 1.82) is 0 Å². The van der Waals surface area contributed by atoms with Crippen molar-refractivity contribution in [1.82, 2.24) is 10.6 Å². The van der Waals surface area contributed by atoms with Crippen LogP contribution in [0.25, 0.3) is 0 Å². The molecule has 0 fully saturated rings. The van der Waals surface area contributed by atoms with Gasteiger partial charge in [-0.25, -0.2) is 0 Å². The van der Waals surface area contributed by atoms with Gasteiger partial charge in [-0.15, -0.1) is 0 Å². The first kappa shape index (κ1) is 24.3. The highest BCUT2D eigenvalue weighted by molar-refractivity contribution is 5.86. The Labute approximate surface area is 158 Å². The molecule has 0 saturated carbocycles. The molecule has 0 radical (unpaired) electrons. The van der Waals surface area contributed by atoms with Crippen LogP contribution in [-0.4, -0.2) is 44.2 Å². The van der Waals surface area contributed by atoms with Crippen LogP contribution in [0.2, 0.25) is 0 Å². The molecule has 0 bridgehead atoms. The van der Waals surface area contributed by atoms with Crippen molar-refractivity contribution in [2.45, 2.75) is 59.6 Å². The minimum atomic E-state index is -0.196. The summed E-state index contributed by atoms with van der Waals surface area (Å²) < 4.78 is 5.21. The lowest BCUT2D eigenvalue weighted by atomic mass is 9.88. The number of carbonyl (C=O) groups excluding carboxylic acids is 2. The van der Waals surface area contributed by atoms with E-state index in [0.717, 1.165) is 5.57 Å². The number of allylic oxidation sites excluding steroid dienone is 3. The van der Waals surface area contributed by atoms with E-state index in [1.54, 1.807) is 7.11 Å². The highest BCUT2D eigenvalue weighted by atomic mass is 16.5. The quantitative estimate of drug-likeness (QED) is 0.461. The molecule has 0 aliphatic rings. The monoisotopic (exact) mass is 367 g/mol. The number of rotatable bonds is 12. The van der Waals surface area contributed by atoms with Crippen LogP contribution >= 0.6 is 0 Å². The second kappa shape index (κ2) is 13.5. The fraction of sp³-hybridized carbons (Fsp3) is 0.700. The summed E-state index contributed by atoms with van der Waals surface area (Å²) in [6.45, 7) is 10.3.